The minimum absolute atomic E-state index is 0.528. The zero-order chi connectivity index (χ0) is 19.3. The van der Waals surface area contributed by atoms with Gasteiger partial charge in [-0.1, -0.05) is 46.9 Å². The van der Waals surface area contributed by atoms with Gasteiger partial charge >= 0.3 is 0 Å². The molecule has 0 fully saturated rings. The van der Waals surface area contributed by atoms with E-state index in [9.17, 15) is 0 Å². The predicted molar refractivity (Wildman–Crippen MR) is 115 cm³/mol. The maximum atomic E-state index is 6.26. The van der Waals surface area contributed by atoms with Crippen LogP contribution >= 0.6 is 34.8 Å². The summed E-state index contributed by atoms with van der Waals surface area (Å²) < 4.78 is 1.91. The van der Waals surface area contributed by atoms with Crippen LogP contribution in [0.5, 0.6) is 0 Å². The molecule has 0 aliphatic carbocycles. The Morgan fingerprint density at radius 2 is 1.29 bits per heavy atom. The third-order valence-corrected chi connectivity index (χ3v) is 5.07. The second kappa shape index (κ2) is 6.74. The first-order chi connectivity index (χ1) is 13.6. The second-order valence-electron chi connectivity index (χ2n) is 6.26. The molecule has 0 atom stereocenters. The van der Waals surface area contributed by atoms with Crippen molar-refractivity contribution in [1.82, 2.24) is 19.5 Å². The lowest BCUT2D eigenvalue weighted by atomic mass is 10.2. The molecule has 0 radical (unpaired) electrons. The monoisotopic (exact) mass is 424 g/mol. The minimum Gasteiger partial charge on any atom is -0.275 e. The topological polar surface area (TPSA) is 43.6 Å². The molecular formula is C21H11Cl3N4. The average Bonchev–Trinajstić information content (AvgIpc) is 3.04. The number of aromatic nitrogens is 4. The Bertz CT molecular complexity index is 1320. The molecule has 0 saturated heterocycles. The van der Waals surface area contributed by atoms with Crippen molar-refractivity contribution in [3.05, 3.63) is 81.8 Å². The number of benzene rings is 3. The Morgan fingerprint density at radius 1 is 0.643 bits per heavy atom. The smallest absolute Gasteiger partial charge is 0.199 e. The average molecular weight is 426 g/mol. The van der Waals surface area contributed by atoms with E-state index in [2.05, 4.69) is 4.98 Å². The van der Waals surface area contributed by atoms with Gasteiger partial charge in [-0.25, -0.2) is 15.0 Å². The Morgan fingerprint density at radius 3 is 1.96 bits per heavy atom. The summed E-state index contributed by atoms with van der Waals surface area (Å²) in [7, 11) is 0. The Hall–Kier alpha value is -2.66. The van der Waals surface area contributed by atoms with E-state index in [4.69, 9.17) is 44.8 Å². The zero-order valence-electron chi connectivity index (χ0n) is 14.3. The number of para-hydroxylation sites is 2. The summed E-state index contributed by atoms with van der Waals surface area (Å²) in [6.45, 7) is 0. The van der Waals surface area contributed by atoms with E-state index < -0.39 is 0 Å². The molecule has 2 heterocycles. The highest BCUT2D eigenvalue weighted by Crippen LogP contribution is 2.31. The molecule has 3 aromatic carbocycles. The van der Waals surface area contributed by atoms with Crippen molar-refractivity contribution in [3.8, 4) is 17.1 Å². The fourth-order valence-corrected chi connectivity index (χ4v) is 3.80. The zero-order valence-corrected chi connectivity index (χ0v) is 16.5. The number of nitrogens with zero attached hydrogens (tertiary/aromatic N) is 4. The third kappa shape index (κ3) is 3.00. The molecule has 0 spiro atoms. The molecule has 0 N–H and O–H groups in total. The first-order valence-corrected chi connectivity index (χ1v) is 9.59. The van der Waals surface area contributed by atoms with Crippen LogP contribution in [0, 0.1) is 0 Å². The van der Waals surface area contributed by atoms with E-state index in [-0.39, 0.29) is 0 Å². The summed E-state index contributed by atoms with van der Waals surface area (Å²) >= 11 is 18.6. The quantitative estimate of drug-likeness (QED) is 0.320. The lowest BCUT2D eigenvalue weighted by Crippen LogP contribution is -1.99. The molecule has 2 aromatic heterocycles. The van der Waals surface area contributed by atoms with Crippen molar-refractivity contribution >= 4 is 57.1 Å². The fourth-order valence-electron chi connectivity index (χ4n) is 3.16. The summed E-state index contributed by atoms with van der Waals surface area (Å²) in [5.41, 5.74) is 4.37. The molecule has 5 aromatic rings. The highest BCUT2D eigenvalue weighted by Gasteiger charge is 2.18. The summed E-state index contributed by atoms with van der Waals surface area (Å²) in [5.74, 6) is 0.681. The second-order valence-corrected chi connectivity index (χ2v) is 7.57. The van der Waals surface area contributed by atoms with Crippen LogP contribution in [0.3, 0.4) is 0 Å². The van der Waals surface area contributed by atoms with Gasteiger partial charge in [0.25, 0.3) is 0 Å². The van der Waals surface area contributed by atoms with E-state index in [1.807, 2.05) is 65.2 Å². The van der Waals surface area contributed by atoms with Gasteiger partial charge in [-0.15, -0.1) is 0 Å². The van der Waals surface area contributed by atoms with E-state index >= 15 is 0 Å². The minimum atomic E-state index is 0.528. The van der Waals surface area contributed by atoms with Crippen molar-refractivity contribution in [3.63, 3.8) is 0 Å². The van der Waals surface area contributed by atoms with Crippen LogP contribution in [-0.4, -0.2) is 19.5 Å². The van der Waals surface area contributed by atoms with Gasteiger partial charge in [0.05, 0.1) is 16.7 Å². The van der Waals surface area contributed by atoms with Crippen LogP contribution < -0.4 is 0 Å². The van der Waals surface area contributed by atoms with Gasteiger partial charge in [-0.05, 0) is 54.6 Å². The first kappa shape index (κ1) is 17.4. The summed E-state index contributed by atoms with van der Waals surface area (Å²) in [5, 5.41) is 1.71. The van der Waals surface area contributed by atoms with Crippen LogP contribution in [-0.2, 0) is 0 Å². The SMILES string of the molecule is Clc1ccc(-c2nc3nc4ccccc4nc3n2-c2cc(Cl)cc(Cl)c2)cc1. The van der Waals surface area contributed by atoms with Crippen molar-refractivity contribution in [2.75, 3.05) is 0 Å². The van der Waals surface area contributed by atoms with E-state index in [0.717, 1.165) is 22.3 Å². The van der Waals surface area contributed by atoms with Crippen LogP contribution in [0.25, 0.3) is 39.4 Å². The number of imidazole rings is 1. The van der Waals surface area contributed by atoms with Crippen LogP contribution in [0.1, 0.15) is 0 Å². The van der Waals surface area contributed by atoms with E-state index in [1.54, 1.807) is 6.07 Å². The van der Waals surface area contributed by atoms with Gasteiger partial charge in [0, 0.05) is 20.6 Å². The Kier molecular flexibility index (Phi) is 4.20. The number of hydrogen-bond donors (Lipinski definition) is 0. The predicted octanol–water partition coefficient (Wildman–Crippen LogP) is 6.60. The molecule has 0 aliphatic rings. The molecule has 136 valence electrons. The van der Waals surface area contributed by atoms with Gasteiger partial charge in [0.1, 0.15) is 5.82 Å². The standard InChI is InChI=1S/C21H11Cl3N4/c22-13-7-5-12(6-8-13)20-27-19-21(26-18-4-2-1-3-17(18)25-19)28(20)16-10-14(23)9-15(24)11-16/h1-11H. The summed E-state index contributed by atoms with van der Waals surface area (Å²) in [6, 6.07) is 20.5. The van der Waals surface area contributed by atoms with Crippen LogP contribution in [0.4, 0.5) is 0 Å². The molecule has 4 nitrogen and oxygen atoms in total. The van der Waals surface area contributed by atoms with Gasteiger partial charge in [-0.2, -0.15) is 0 Å². The molecule has 7 heteroatoms. The normalized spacial score (nSPS) is 11.4. The molecule has 28 heavy (non-hydrogen) atoms. The Labute approximate surface area is 175 Å². The Balaban J connectivity index is 1.89. The highest BCUT2D eigenvalue weighted by atomic mass is 35.5. The lowest BCUT2D eigenvalue weighted by Gasteiger charge is -2.10. The molecule has 0 unspecified atom stereocenters. The molecule has 0 saturated carbocycles. The van der Waals surface area contributed by atoms with Crippen molar-refractivity contribution in [2.45, 2.75) is 0 Å². The van der Waals surface area contributed by atoms with Gasteiger partial charge in [0.15, 0.2) is 11.3 Å². The van der Waals surface area contributed by atoms with Crippen molar-refractivity contribution < 1.29 is 0 Å². The summed E-state index contributed by atoms with van der Waals surface area (Å²) in [6.07, 6.45) is 0. The maximum absolute atomic E-state index is 6.26. The highest BCUT2D eigenvalue weighted by molar-refractivity contribution is 6.35. The fraction of sp³-hybridized carbons (Fsp3) is 0. The van der Waals surface area contributed by atoms with Crippen molar-refractivity contribution in [1.29, 1.82) is 0 Å². The largest absolute Gasteiger partial charge is 0.275 e. The molecule has 5 rings (SSSR count). The van der Waals surface area contributed by atoms with Crippen LogP contribution in [0.15, 0.2) is 66.7 Å². The van der Waals surface area contributed by atoms with Gasteiger partial charge < -0.3 is 0 Å². The maximum Gasteiger partial charge on any atom is 0.199 e. The summed E-state index contributed by atoms with van der Waals surface area (Å²) in [4.78, 5) is 14.2. The first-order valence-electron chi connectivity index (χ1n) is 8.46. The number of fused-ring (bicyclic) bond motifs is 2. The van der Waals surface area contributed by atoms with Gasteiger partial charge in [0.2, 0.25) is 0 Å². The van der Waals surface area contributed by atoms with Crippen LogP contribution in [0.2, 0.25) is 15.1 Å². The third-order valence-electron chi connectivity index (χ3n) is 4.38. The number of hydrogen-bond acceptors (Lipinski definition) is 3. The molecule has 0 aliphatic heterocycles. The molecular weight excluding hydrogens is 415 g/mol. The number of halogens is 3. The van der Waals surface area contributed by atoms with Gasteiger partial charge in [-0.3, -0.25) is 4.57 Å². The van der Waals surface area contributed by atoms with Crippen molar-refractivity contribution in [2.24, 2.45) is 0 Å². The molecule has 0 bridgehead atoms. The van der Waals surface area contributed by atoms with E-state index in [1.165, 1.54) is 0 Å². The molecule has 0 amide bonds. The lowest BCUT2D eigenvalue weighted by molar-refractivity contribution is 1.08. The van der Waals surface area contributed by atoms with E-state index in [0.29, 0.717) is 32.2 Å². The number of rotatable bonds is 2.